The third kappa shape index (κ3) is 2.76. The molecule has 0 saturated heterocycles. The van der Waals surface area contributed by atoms with Crippen LogP contribution in [0, 0.1) is 0 Å². The first kappa shape index (κ1) is 11.8. The number of benzene rings is 2. The Morgan fingerprint density at radius 2 is 1.37 bits per heavy atom. The van der Waals surface area contributed by atoms with Crippen LogP contribution in [0.1, 0.15) is 5.56 Å². The molecule has 0 saturated carbocycles. The van der Waals surface area contributed by atoms with Crippen LogP contribution < -0.4 is 0 Å². The van der Waals surface area contributed by atoms with Gasteiger partial charge in [-0.15, -0.1) is 0 Å². The van der Waals surface area contributed by atoms with Crippen LogP contribution in [0.5, 0.6) is 0 Å². The van der Waals surface area contributed by atoms with Gasteiger partial charge in [0.25, 0.3) is 0 Å². The average Bonchev–Trinajstić information content (AvgIpc) is 2.95. The number of aryl methyl sites for hydroxylation is 2. The quantitative estimate of drug-likeness (QED) is 0.644. The predicted octanol–water partition coefficient (Wildman–Crippen LogP) is 4.40. The van der Waals surface area contributed by atoms with Crippen LogP contribution in [0.4, 0.5) is 0 Å². The second-order valence-corrected chi connectivity index (χ2v) is 4.69. The Kier molecular flexibility index (Phi) is 3.46. The van der Waals surface area contributed by atoms with Gasteiger partial charge in [-0.2, -0.15) is 0 Å². The van der Waals surface area contributed by atoms with E-state index in [0.29, 0.717) is 0 Å². The molecule has 2 aromatic carbocycles. The SMILES string of the molecule is c1ccc(CCn2cccc2-c2ccccc2)cc1. The average molecular weight is 247 g/mol. The summed E-state index contributed by atoms with van der Waals surface area (Å²) in [4.78, 5) is 0. The Morgan fingerprint density at radius 3 is 2.11 bits per heavy atom. The van der Waals surface area contributed by atoms with Crippen molar-refractivity contribution >= 4 is 0 Å². The molecular formula is C18H17N. The van der Waals surface area contributed by atoms with E-state index in [1.807, 2.05) is 0 Å². The molecule has 1 nitrogen and oxygen atoms in total. The molecule has 0 N–H and O–H groups in total. The van der Waals surface area contributed by atoms with Gasteiger partial charge >= 0.3 is 0 Å². The second-order valence-electron chi connectivity index (χ2n) is 4.69. The monoisotopic (exact) mass is 247 g/mol. The van der Waals surface area contributed by atoms with Gasteiger partial charge in [-0.05, 0) is 29.7 Å². The summed E-state index contributed by atoms with van der Waals surface area (Å²) in [7, 11) is 0. The third-order valence-corrected chi connectivity index (χ3v) is 3.38. The lowest BCUT2D eigenvalue weighted by Crippen LogP contribution is -2.01. The van der Waals surface area contributed by atoms with Gasteiger partial charge < -0.3 is 4.57 Å². The first-order valence-electron chi connectivity index (χ1n) is 6.68. The molecule has 0 aliphatic rings. The highest BCUT2D eigenvalue weighted by atomic mass is 15.0. The first-order chi connectivity index (χ1) is 9.43. The van der Waals surface area contributed by atoms with Gasteiger partial charge in [0.2, 0.25) is 0 Å². The van der Waals surface area contributed by atoms with Crippen LogP contribution in [0.3, 0.4) is 0 Å². The molecular weight excluding hydrogens is 230 g/mol. The lowest BCUT2D eigenvalue weighted by atomic mass is 10.1. The zero-order valence-electron chi connectivity index (χ0n) is 10.9. The molecule has 1 aromatic heterocycles. The second kappa shape index (κ2) is 5.57. The standard InChI is InChI=1S/C18H17N/c1-3-8-16(9-4-1)13-15-19-14-7-12-18(19)17-10-5-2-6-11-17/h1-12,14H,13,15H2. The van der Waals surface area contributed by atoms with Gasteiger partial charge in [-0.25, -0.2) is 0 Å². The van der Waals surface area contributed by atoms with Gasteiger partial charge in [0.15, 0.2) is 0 Å². The number of nitrogens with zero attached hydrogens (tertiary/aromatic N) is 1. The molecule has 0 aliphatic heterocycles. The summed E-state index contributed by atoms with van der Waals surface area (Å²) >= 11 is 0. The number of aromatic nitrogens is 1. The van der Waals surface area contributed by atoms with Crippen LogP contribution in [0.2, 0.25) is 0 Å². The Morgan fingerprint density at radius 1 is 0.684 bits per heavy atom. The molecule has 94 valence electrons. The van der Waals surface area contributed by atoms with Gasteiger partial charge in [-0.1, -0.05) is 60.7 Å². The lowest BCUT2D eigenvalue weighted by molar-refractivity contribution is 0.707. The summed E-state index contributed by atoms with van der Waals surface area (Å²) < 4.78 is 2.32. The minimum atomic E-state index is 1.02. The highest BCUT2D eigenvalue weighted by Gasteiger charge is 2.03. The minimum Gasteiger partial charge on any atom is -0.347 e. The van der Waals surface area contributed by atoms with Crippen molar-refractivity contribution in [3.05, 3.63) is 84.6 Å². The van der Waals surface area contributed by atoms with Crippen molar-refractivity contribution in [3.63, 3.8) is 0 Å². The fourth-order valence-corrected chi connectivity index (χ4v) is 2.37. The topological polar surface area (TPSA) is 4.93 Å². The van der Waals surface area contributed by atoms with Crippen molar-refractivity contribution in [2.75, 3.05) is 0 Å². The number of rotatable bonds is 4. The van der Waals surface area contributed by atoms with Crippen molar-refractivity contribution in [1.29, 1.82) is 0 Å². The molecule has 1 heteroatoms. The maximum absolute atomic E-state index is 2.32. The van der Waals surface area contributed by atoms with Crippen LogP contribution in [-0.4, -0.2) is 4.57 Å². The van der Waals surface area contributed by atoms with Gasteiger partial charge in [0.1, 0.15) is 0 Å². The van der Waals surface area contributed by atoms with E-state index in [2.05, 4.69) is 83.6 Å². The van der Waals surface area contributed by atoms with Gasteiger partial charge in [0.05, 0.1) is 0 Å². The van der Waals surface area contributed by atoms with Crippen molar-refractivity contribution in [1.82, 2.24) is 4.57 Å². The first-order valence-corrected chi connectivity index (χ1v) is 6.68. The van der Waals surface area contributed by atoms with Gasteiger partial charge in [-0.3, -0.25) is 0 Å². The van der Waals surface area contributed by atoms with E-state index in [-0.39, 0.29) is 0 Å². The molecule has 0 bridgehead atoms. The predicted molar refractivity (Wildman–Crippen MR) is 80.0 cm³/mol. The van der Waals surface area contributed by atoms with E-state index in [9.17, 15) is 0 Å². The Bertz CT molecular complexity index is 623. The normalized spacial score (nSPS) is 10.5. The van der Waals surface area contributed by atoms with E-state index in [1.54, 1.807) is 0 Å². The fourth-order valence-electron chi connectivity index (χ4n) is 2.37. The van der Waals surface area contributed by atoms with E-state index < -0.39 is 0 Å². The zero-order chi connectivity index (χ0) is 12.9. The van der Waals surface area contributed by atoms with Crippen LogP contribution in [0.25, 0.3) is 11.3 Å². The molecule has 3 rings (SSSR count). The zero-order valence-corrected chi connectivity index (χ0v) is 10.9. The van der Waals surface area contributed by atoms with Crippen LogP contribution in [0.15, 0.2) is 79.0 Å². The molecule has 1 heterocycles. The summed E-state index contributed by atoms with van der Waals surface area (Å²) in [6.45, 7) is 1.02. The third-order valence-electron chi connectivity index (χ3n) is 3.38. The van der Waals surface area contributed by atoms with E-state index in [1.165, 1.54) is 16.8 Å². The minimum absolute atomic E-state index is 1.02. The number of hydrogen-bond acceptors (Lipinski definition) is 0. The van der Waals surface area contributed by atoms with Crippen LogP contribution in [-0.2, 0) is 13.0 Å². The molecule has 3 aromatic rings. The summed E-state index contributed by atoms with van der Waals surface area (Å²) in [6.07, 6.45) is 3.22. The summed E-state index contributed by atoms with van der Waals surface area (Å²) in [5, 5.41) is 0. The van der Waals surface area contributed by atoms with Crippen molar-refractivity contribution in [2.45, 2.75) is 13.0 Å². The Hall–Kier alpha value is -2.28. The van der Waals surface area contributed by atoms with Crippen molar-refractivity contribution in [3.8, 4) is 11.3 Å². The van der Waals surface area contributed by atoms with Crippen LogP contribution >= 0.6 is 0 Å². The highest BCUT2D eigenvalue weighted by molar-refractivity contribution is 5.59. The number of hydrogen-bond donors (Lipinski definition) is 0. The molecule has 0 radical (unpaired) electrons. The maximum Gasteiger partial charge on any atom is 0.0480 e. The summed E-state index contributed by atoms with van der Waals surface area (Å²) in [6, 6.07) is 25.5. The molecule has 0 amide bonds. The van der Waals surface area contributed by atoms with Crippen molar-refractivity contribution < 1.29 is 0 Å². The Balaban J connectivity index is 1.78. The summed E-state index contributed by atoms with van der Waals surface area (Å²) in [5.41, 5.74) is 3.95. The smallest absolute Gasteiger partial charge is 0.0480 e. The van der Waals surface area contributed by atoms with Gasteiger partial charge in [0, 0.05) is 18.4 Å². The molecule has 0 aliphatic carbocycles. The van der Waals surface area contributed by atoms with E-state index >= 15 is 0 Å². The van der Waals surface area contributed by atoms with Crippen molar-refractivity contribution in [2.24, 2.45) is 0 Å². The molecule has 0 fully saturated rings. The van der Waals surface area contributed by atoms with E-state index in [0.717, 1.165) is 13.0 Å². The summed E-state index contributed by atoms with van der Waals surface area (Å²) in [5.74, 6) is 0. The molecule has 19 heavy (non-hydrogen) atoms. The molecule has 0 unspecified atom stereocenters. The highest BCUT2D eigenvalue weighted by Crippen LogP contribution is 2.20. The molecule has 0 spiro atoms. The fraction of sp³-hybridized carbons (Fsp3) is 0.111. The van der Waals surface area contributed by atoms with E-state index in [4.69, 9.17) is 0 Å². The maximum atomic E-state index is 2.32. The molecule has 0 atom stereocenters. The largest absolute Gasteiger partial charge is 0.347 e. The Labute approximate surface area is 114 Å². The lowest BCUT2D eigenvalue weighted by Gasteiger charge is -2.09.